The zero-order valence-corrected chi connectivity index (χ0v) is 29.7. The number of nitrogens with one attached hydrogen (secondary N) is 1. The number of morpholine rings is 1. The molecule has 0 radical (unpaired) electrons. The van der Waals surface area contributed by atoms with Crippen LogP contribution >= 0.6 is 11.6 Å². The maximum atomic E-state index is 14.2. The van der Waals surface area contributed by atoms with Crippen molar-refractivity contribution in [3.05, 3.63) is 58.1 Å². The molecular weight excluding hydrogens is 650 g/mol. The number of carbonyl (C=O) groups is 2. The molecule has 0 aromatic heterocycles. The maximum absolute atomic E-state index is 14.2. The van der Waals surface area contributed by atoms with E-state index in [0.717, 1.165) is 62.2 Å². The molecule has 2 aromatic rings. The number of benzene rings is 2. The minimum Gasteiger partial charge on any atom is -0.490 e. The fraction of sp³-hybridized carbons (Fsp3) is 0.622. The van der Waals surface area contributed by atoms with Crippen molar-refractivity contribution >= 4 is 39.1 Å². The summed E-state index contributed by atoms with van der Waals surface area (Å²) in [5.74, 6) is 0.515. The summed E-state index contributed by atoms with van der Waals surface area (Å²) < 4.78 is 41.4. The third-order valence-electron chi connectivity index (χ3n) is 12.1. The normalized spacial score (nSPS) is 32.1. The average molecular weight is 698 g/mol. The predicted molar refractivity (Wildman–Crippen MR) is 186 cm³/mol. The highest BCUT2D eigenvalue weighted by Gasteiger charge is 2.46. The second kappa shape index (κ2) is 13.5. The van der Waals surface area contributed by atoms with Gasteiger partial charge in [0.25, 0.3) is 5.91 Å². The van der Waals surface area contributed by atoms with E-state index in [1.165, 1.54) is 11.1 Å². The summed E-state index contributed by atoms with van der Waals surface area (Å²) >= 11 is 6.45. The van der Waals surface area contributed by atoms with E-state index in [0.29, 0.717) is 57.5 Å². The number of hydrogen-bond acceptors (Lipinski definition) is 7. The Bertz CT molecular complexity index is 1660. The SMILES string of the molecule is C[C@@H]1[C@@H](C)CCC[C@@H](C(=O)N2CCOCC2)[C@@H]2CC[C@H]2CN2C[C@@]3(CCCc4cc(Cl)ccc43)COc3ccc(cc32)C(=O)NS1(=O)=O. The molecule has 3 aliphatic heterocycles. The van der Waals surface area contributed by atoms with Crippen molar-refractivity contribution in [2.45, 2.75) is 75.9 Å². The van der Waals surface area contributed by atoms with E-state index in [4.69, 9.17) is 21.1 Å². The number of ether oxygens (including phenoxy) is 2. The third kappa shape index (κ3) is 6.44. The molecule has 2 fully saturated rings. The molecule has 2 amide bonds. The standard InChI is InChI=1S/C37H48ClN3O6S/c1-24-5-3-7-31(36(43)40-15-17-46-18-16-40)30-11-8-28(30)21-41-22-37(14-4-6-26-19-29(38)10-12-32(26)37)23-47-34-13-9-27(20-33(34)41)35(42)39-48(44,45)25(24)2/h9-10,12-13,19-20,24-25,28,30-31H,3-8,11,14-18,21-23H2,1-2H3,(H,39,42)/t24-,25+,28-,30+,31+,37-/m0/s1. The smallest absolute Gasteiger partial charge is 0.264 e. The van der Waals surface area contributed by atoms with Crippen LogP contribution in [0.15, 0.2) is 36.4 Å². The fourth-order valence-electron chi connectivity index (χ4n) is 8.91. The Morgan fingerprint density at radius 1 is 1.02 bits per heavy atom. The molecule has 2 aliphatic carbocycles. The second-order valence-electron chi connectivity index (χ2n) is 14.9. The summed E-state index contributed by atoms with van der Waals surface area (Å²) in [5.41, 5.74) is 3.32. The number of carbonyl (C=O) groups excluding carboxylic acids is 2. The molecule has 1 spiro atoms. The van der Waals surface area contributed by atoms with Crippen molar-refractivity contribution in [3.8, 4) is 5.75 Å². The molecule has 2 aromatic carbocycles. The van der Waals surface area contributed by atoms with E-state index in [9.17, 15) is 18.0 Å². The van der Waals surface area contributed by atoms with Crippen LogP contribution in [0.3, 0.4) is 0 Å². The molecule has 0 unspecified atom stereocenters. The van der Waals surface area contributed by atoms with Crippen molar-refractivity contribution in [2.75, 3.05) is 50.9 Å². The second-order valence-corrected chi connectivity index (χ2v) is 17.4. The molecule has 11 heteroatoms. The quantitative estimate of drug-likeness (QED) is 0.415. The number of nitrogens with zero attached hydrogens (tertiary/aromatic N) is 2. The van der Waals surface area contributed by atoms with Crippen LogP contribution in [-0.2, 0) is 31.4 Å². The van der Waals surface area contributed by atoms with Gasteiger partial charge < -0.3 is 19.3 Å². The van der Waals surface area contributed by atoms with Crippen LogP contribution in [0, 0.1) is 23.7 Å². The monoisotopic (exact) mass is 697 g/mol. The van der Waals surface area contributed by atoms with Crippen molar-refractivity contribution in [2.24, 2.45) is 23.7 Å². The summed E-state index contributed by atoms with van der Waals surface area (Å²) in [6, 6.07) is 11.5. The van der Waals surface area contributed by atoms with Crippen LogP contribution in [0.2, 0.25) is 5.02 Å². The van der Waals surface area contributed by atoms with Gasteiger partial charge in [0.2, 0.25) is 15.9 Å². The lowest BCUT2D eigenvalue weighted by atomic mass is 9.64. The molecule has 1 N–H and O–H groups in total. The van der Waals surface area contributed by atoms with Gasteiger partial charge >= 0.3 is 0 Å². The van der Waals surface area contributed by atoms with Crippen LogP contribution in [-0.4, -0.2) is 76.4 Å². The number of hydrogen-bond donors (Lipinski definition) is 1. The Labute approximate surface area is 289 Å². The number of sulfonamides is 1. The zero-order chi connectivity index (χ0) is 33.6. The molecule has 5 aliphatic rings. The van der Waals surface area contributed by atoms with E-state index in [-0.39, 0.29) is 34.6 Å². The van der Waals surface area contributed by atoms with E-state index in [1.54, 1.807) is 19.1 Å². The third-order valence-corrected chi connectivity index (χ3v) is 14.2. The summed E-state index contributed by atoms with van der Waals surface area (Å²) in [4.78, 5) is 32.1. The first kappa shape index (κ1) is 33.7. The van der Waals surface area contributed by atoms with Crippen molar-refractivity contribution in [1.29, 1.82) is 0 Å². The molecule has 48 heavy (non-hydrogen) atoms. The van der Waals surface area contributed by atoms with Crippen LogP contribution < -0.4 is 14.4 Å². The van der Waals surface area contributed by atoms with Crippen molar-refractivity contribution < 1.29 is 27.5 Å². The van der Waals surface area contributed by atoms with E-state index < -0.39 is 21.2 Å². The number of halogens is 1. The van der Waals surface area contributed by atoms with Crippen LogP contribution in [0.25, 0.3) is 0 Å². The summed E-state index contributed by atoms with van der Waals surface area (Å²) in [6.07, 6.45) is 7.12. The highest BCUT2D eigenvalue weighted by atomic mass is 35.5. The van der Waals surface area contributed by atoms with Gasteiger partial charge in [0.15, 0.2) is 0 Å². The van der Waals surface area contributed by atoms with Crippen molar-refractivity contribution in [3.63, 3.8) is 0 Å². The molecular formula is C37H48ClN3O6S. The minimum absolute atomic E-state index is 0.117. The van der Waals surface area contributed by atoms with Gasteiger partial charge in [0, 0.05) is 48.1 Å². The Morgan fingerprint density at radius 2 is 1.83 bits per heavy atom. The van der Waals surface area contributed by atoms with Crippen LogP contribution in [0.1, 0.15) is 80.3 Å². The van der Waals surface area contributed by atoms with E-state index >= 15 is 0 Å². The molecule has 7 rings (SSSR count). The lowest BCUT2D eigenvalue weighted by molar-refractivity contribution is -0.144. The van der Waals surface area contributed by atoms with Gasteiger partial charge in [-0.1, -0.05) is 31.0 Å². The van der Waals surface area contributed by atoms with Gasteiger partial charge in [-0.15, -0.1) is 0 Å². The lowest BCUT2D eigenvalue weighted by Gasteiger charge is -2.47. The largest absolute Gasteiger partial charge is 0.490 e. The number of rotatable bonds is 1. The van der Waals surface area contributed by atoms with Gasteiger partial charge in [-0.05, 0) is 111 Å². The molecule has 3 heterocycles. The zero-order valence-electron chi connectivity index (χ0n) is 28.1. The Balaban J connectivity index is 1.29. The first-order chi connectivity index (χ1) is 23.0. The number of amides is 2. The molecule has 260 valence electrons. The van der Waals surface area contributed by atoms with Crippen LogP contribution in [0.4, 0.5) is 5.69 Å². The van der Waals surface area contributed by atoms with Crippen molar-refractivity contribution in [1.82, 2.24) is 9.62 Å². The first-order valence-corrected chi connectivity index (χ1v) is 19.7. The van der Waals surface area contributed by atoms with E-state index in [2.05, 4.69) is 21.8 Å². The van der Waals surface area contributed by atoms with Crippen LogP contribution in [0.5, 0.6) is 5.75 Å². The number of fused-ring (bicyclic) bond motifs is 4. The predicted octanol–water partition coefficient (Wildman–Crippen LogP) is 5.58. The Kier molecular flexibility index (Phi) is 9.45. The Hall–Kier alpha value is -2.82. The van der Waals surface area contributed by atoms with Gasteiger partial charge in [-0.2, -0.15) is 0 Å². The number of aryl methyl sites for hydroxylation is 1. The van der Waals surface area contributed by atoms with Gasteiger partial charge in [-0.3, -0.25) is 9.59 Å². The fourth-order valence-corrected chi connectivity index (χ4v) is 10.4. The Morgan fingerprint density at radius 3 is 2.60 bits per heavy atom. The molecule has 2 bridgehead atoms. The molecule has 1 saturated heterocycles. The summed E-state index contributed by atoms with van der Waals surface area (Å²) in [6.45, 7) is 7.86. The maximum Gasteiger partial charge on any atom is 0.264 e. The summed E-state index contributed by atoms with van der Waals surface area (Å²) in [5, 5.41) is -0.0316. The molecule has 1 saturated carbocycles. The first-order valence-electron chi connectivity index (χ1n) is 17.8. The van der Waals surface area contributed by atoms with Gasteiger partial charge in [-0.25, -0.2) is 13.1 Å². The number of anilines is 1. The van der Waals surface area contributed by atoms with Gasteiger partial charge in [0.05, 0.1) is 30.8 Å². The minimum atomic E-state index is -3.94. The lowest BCUT2D eigenvalue weighted by Crippen LogP contribution is -2.51. The topological polar surface area (TPSA) is 105 Å². The van der Waals surface area contributed by atoms with Gasteiger partial charge in [0.1, 0.15) is 5.75 Å². The average Bonchev–Trinajstić information content (AvgIpc) is 3.21. The molecule has 6 atom stereocenters. The molecule has 9 nitrogen and oxygen atoms in total. The highest BCUT2D eigenvalue weighted by molar-refractivity contribution is 7.90. The van der Waals surface area contributed by atoms with E-state index in [1.807, 2.05) is 24.0 Å². The highest BCUT2D eigenvalue weighted by Crippen LogP contribution is 2.48. The summed E-state index contributed by atoms with van der Waals surface area (Å²) in [7, 11) is -3.94.